The third kappa shape index (κ3) is 4.22. The summed E-state index contributed by atoms with van der Waals surface area (Å²) in [6.45, 7) is -0.303. The van der Waals surface area contributed by atoms with Gasteiger partial charge in [-0.2, -0.15) is 0 Å². The highest BCUT2D eigenvalue weighted by Gasteiger charge is 2.40. The summed E-state index contributed by atoms with van der Waals surface area (Å²) in [4.78, 5) is 24.9. The molecule has 0 radical (unpaired) electrons. The van der Waals surface area contributed by atoms with Crippen LogP contribution in [0.4, 0.5) is 4.79 Å². The molecule has 1 aliphatic carbocycles. The number of fused-ring (bicyclic) bond motifs is 3. The predicted molar refractivity (Wildman–Crippen MR) is 120 cm³/mol. The van der Waals surface area contributed by atoms with Gasteiger partial charge in [-0.25, -0.2) is 9.59 Å². The van der Waals surface area contributed by atoms with Crippen molar-refractivity contribution in [2.45, 2.75) is 24.3 Å². The van der Waals surface area contributed by atoms with Crippen molar-refractivity contribution in [1.29, 1.82) is 0 Å². The van der Waals surface area contributed by atoms with E-state index in [0.29, 0.717) is 0 Å². The zero-order chi connectivity index (χ0) is 22.6. The highest BCUT2D eigenvalue weighted by molar-refractivity contribution is 5.85. The average Bonchev–Trinajstić information content (AvgIpc) is 3.12. The molecule has 1 amide bonds. The van der Waals surface area contributed by atoms with Gasteiger partial charge in [0.15, 0.2) is 0 Å². The topological polar surface area (TPSA) is 95.9 Å². The first-order valence-corrected chi connectivity index (χ1v) is 10.6. The number of hydrogen-bond acceptors (Lipinski definition) is 4. The summed E-state index contributed by atoms with van der Waals surface area (Å²) in [6, 6.07) is 25.0. The number of alkyl carbamates (subject to hydrolysis) is 1. The van der Waals surface area contributed by atoms with Crippen molar-refractivity contribution in [3.8, 4) is 11.1 Å². The highest BCUT2D eigenvalue weighted by atomic mass is 16.5. The first-order valence-electron chi connectivity index (χ1n) is 10.6. The molecule has 6 nitrogen and oxygen atoms in total. The fraction of sp³-hybridized carbons (Fsp3) is 0.231. The zero-order valence-corrected chi connectivity index (χ0v) is 17.5. The molecular formula is C26H25NO5. The number of carbonyl (C=O) groups excluding carboxylic acids is 1. The van der Waals surface area contributed by atoms with Crippen LogP contribution in [0.3, 0.4) is 0 Å². The molecular weight excluding hydrogens is 406 g/mol. The summed E-state index contributed by atoms with van der Waals surface area (Å²) in [5.74, 6) is -1.34. The zero-order valence-electron chi connectivity index (χ0n) is 17.5. The smallest absolute Gasteiger partial charge is 0.408 e. The SMILES string of the molecule is O=C(NC(CCO)(Cc1ccccc1)C(=O)O)OCC1c2ccccc2-c2ccccc21. The van der Waals surface area contributed by atoms with Gasteiger partial charge in [0.1, 0.15) is 12.1 Å². The number of benzene rings is 3. The summed E-state index contributed by atoms with van der Waals surface area (Å²) >= 11 is 0. The lowest BCUT2D eigenvalue weighted by Gasteiger charge is -2.30. The Bertz CT molecular complexity index is 1070. The molecule has 6 heteroatoms. The van der Waals surface area contributed by atoms with Gasteiger partial charge in [0.05, 0.1) is 0 Å². The van der Waals surface area contributed by atoms with Gasteiger partial charge < -0.3 is 20.3 Å². The van der Waals surface area contributed by atoms with E-state index in [-0.39, 0.29) is 32.0 Å². The van der Waals surface area contributed by atoms with E-state index in [0.717, 1.165) is 27.8 Å². The van der Waals surface area contributed by atoms with Gasteiger partial charge in [0.2, 0.25) is 0 Å². The highest BCUT2D eigenvalue weighted by Crippen LogP contribution is 2.44. The molecule has 0 bridgehead atoms. The minimum absolute atomic E-state index is 0.0356. The second kappa shape index (κ2) is 9.24. The number of carboxylic acids is 1. The molecule has 0 fully saturated rings. The number of ether oxygens (including phenoxy) is 1. The fourth-order valence-corrected chi connectivity index (χ4v) is 4.40. The number of aliphatic hydroxyl groups excluding tert-OH is 1. The number of aliphatic carboxylic acids is 1. The molecule has 164 valence electrons. The van der Waals surface area contributed by atoms with Crippen molar-refractivity contribution in [2.24, 2.45) is 0 Å². The molecule has 0 saturated heterocycles. The Morgan fingerprint density at radius 3 is 2.00 bits per heavy atom. The summed E-state index contributed by atoms with van der Waals surface area (Å²) in [6.07, 6.45) is -0.923. The lowest BCUT2D eigenvalue weighted by molar-refractivity contribution is -0.145. The van der Waals surface area contributed by atoms with Gasteiger partial charge in [-0.15, -0.1) is 0 Å². The molecule has 1 unspecified atom stereocenters. The summed E-state index contributed by atoms with van der Waals surface area (Å²) in [7, 11) is 0. The van der Waals surface area contributed by atoms with Crippen molar-refractivity contribution in [3.05, 3.63) is 95.6 Å². The van der Waals surface area contributed by atoms with Crippen molar-refractivity contribution in [3.63, 3.8) is 0 Å². The van der Waals surface area contributed by atoms with E-state index in [1.165, 1.54) is 0 Å². The van der Waals surface area contributed by atoms with E-state index in [1.807, 2.05) is 54.6 Å². The Kier molecular flexibility index (Phi) is 6.23. The minimum Gasteiger partial charge on any atom is -0.479 e. The minimum atomic E-state index is -1.67. The van der Waals surface area contributed by atoms with Crippen molar-refractivity contribution < 1.29 is 24.5 Å². The number of carbonyl (C=O) groups is 2. The normalized spacial score (nSPS) is 14.2. The average molecular weight is 431 g/mol. The molecule has 3 aromatic rings. The summed E-state index contributed by atoms with van der Waals surface area (Å²) in [5, 5.41) is 22.0. The molecule has 0 saturated carbocycles. The molecule has 0 aliphatic heterocycles. The first kappa shape index (κ1) is 21.6. The Hall–Kier alpha value is -3.64. The lowest BCUT2D eigenvalue weighted by Crippen LogP contribution is -2.57. The van der Waals surface area contributed by atoms with E-state index in [1.54, 1.807) is 24.3 Å². The van der Waals surface area contributed by atoms with Gasteiger partial charge in [0, 0.05) is 25.4 Å². The van der Waals surface area contributed by atoms with E-state index >= 15 is 0 Å². The number of aliphatic hydroxyl groups is 1. The number of rotatable bonds is 8. The van der Waals surface area contributed by atoms with Crippen LogP contribution in [0.1, 0.15) is 29.0 Å². The largest absolute Gasteiger partial charge is 0.479 e. The third-order valence-electron chi connectivity index (χ3n) is 5.98. The maximum atomic E-state index is 12.7. The Balaban J connectivity index is 1.51. The molecule has 0 heterocycles. The molecule has 0 spiro atoms. The number of amides is 1. The van der Waals surface area contributed by atoms with Crippen LogP contribution in [0.15, 0.2) is 78.9 Å². The molecule has 1 aliphatic rings. The van der Waals surface area contributed by atoms with E-state index in [4.69, 9.17) is 4.74 Å². The van der Waals surface area contributed by atoms with E-state index < -0.39 is 17.6 Å². The Labute approximate surface area is 186 Å². The van der Waals surface area contributed by atoms with Gasteiger partial charge in [-0.1, -0.05) is 78.9 Å². The van der Waals surface area contributed by atoms with Gasteiger partial charge >= 0.3 is 12.1 Å². The van der Waals surface area contributed by atoms with Crippen LogP contribution in [-0.4, -0.2) is 41.0 Å². The van der Waals surface area contributed by atoms with Crippen molar-refractivity contribution in [2.75, 3.05) is 13.2 Å². The monoisotopic (exact) mass is 431 g/mol. The van der Waals surface area contributed by atoms with E-state index in [2.05, 4.69) is 5.32 Å². The predicted octanol–water partition coefficient (Wildman–Crippen LogP) is 3.97. The molecule has 3 N–H and O–H groups in total. The Morgan fingerprint density at radius 1 is 0.875 bits per heavy atom. The van der Waals surface area contributed by atoms with Gasteiger partial charge in [0.25, 0.3) is 0 Å². The van der Waals surface area contributed by atoms with Crippen LogP contribution < -0.4 is 5.32 Å². The maximum Gasteiger partial charge on any atom is 0.408 e. The first-order chi connectivity index (χ1) is 15.5. The van der Waals surface area contributed by atoms with Crippen LogP contribution in [0.25, 0.3) is 11.1 Å². The molecule has 1 atom stereocenters. The van der Waals surface area contributed by atoms with E-state index in [9.17, 15) is 19.8 Å². The fourth-order valence-electron chi connectivity index (χ4n) is 4.40. The number of carboxylic acid groups (broad SMARTS) is 1. The maximum absolute atomic E-state index is 12.7. The summed E-state index contributed by atoms with van der Waals surface area (Å²) < 4.78 is 5.53. The standard InChI is InChI=1S/C26H25NO5/c28-15-14-26(24(29)30,16-18-8-2-1-3-9-18)27-25(31)32-17-23-21-12-6-4-10-19(21)20-11-5-7-13-22(20)23/h1-13,23,28H,14-17H2,(H,27,31)(H,29,30). The van der Waals surface area contributed by atoms with Crippen LogP contribution in [0, 0.1) is 0 Å². The second-order valence-corrected chi connectivity index (χ2v) is 7.97. The number of hydrogen-bond donors (Lipinski definition) is 3. The Morgan fingerprint density at radius 2 is 1.44 bits per heavy atom. The van der Waals surface area contributed by atoms with Crippen molar-refractivity contribution in [1.82, 2.24) is 5.32 Å². The third-order valence-corrected chi connectivity index (χ3v) is 5.98. The number of nitrogens with one attached hydrogen (secondary N) is 1. The summed E-state index contributed by atoms with van der Waals surface area (Å²) in [5.41, 5.74) is 3.44. The lowest BCUT2D eigenvalue weighted by atomic mass is 9.88. The second-order valence-electron chi connectivity index (χ2n) is 7.97. The van der Waals surface area contributed by atoms with Gasteiger partial charge in [-0.05, 0) is 27.8 Å². The van der Waals surface area contributed by atoms with Crippen LogP contribution >= 0.6 is 0 Å². The molecule has 32 heavy (non-hydrogen) atoms. The molecule has 0 aromatic heterocycles. The molecule has 4 rings (SSSR count). The molecule has 3 aromatic carbocycles. The van der Waals surface area contributed by atoms with Crippen molar-refractivity contribution >= 4 is 12.1 Å². The van der Waals surface area contributed by atoms with Crippen LogP contribution in [0.5, 0.6) is 0 Å². The quantitative estimate of drug-likeness (QED) is 0.502. The van der Waals surface area contributed by atoms with Crippen LogP contribution in [-0.2, 0) is 16.0 Å². The van der Waals surface area contributed by atoms with Crippen LogP contribution in [0.2, 0.25) is 0 Å². The van der Waals surface area contributed by atoms with Gasteiger partial charge in [-0.3, -0.25) is 0 Å².